The molecular formula is C21H23ClFN3O4S. The van der Waals surface area contributed by atoms with E-state index in [1.807, 2.05) is 0 Å². The predicted octanol–water partition coefficient (Wildman–Crippen LogP) is 4.25. The third-order valence-corrected chi connectivity index (χ3v) is 7.19. The molecule has 1 fully saturated rings. The van der Waals surface area contributed by atoms with Crippen LogP contribution in [0.1, 0.15) is 43.0 Å². The third kappa shape index (κ3) is 5.41. The summed E-state index contributed by atoms with van der Waals surface area (Å²) < 4.78 is 41.4. The SMILES string of the molecule is CCC(=O)Nc1ccc(Cl)c(NC(=O)c2ccc(F)c(S(=O)(=O)N3CCCCC3)c2)c1. The molecule has 1 aliphatic heterocycles. The number of benzene rings is 2. The first-order chi connectivity index (χ1) is 14.7. The van der Waals surface area contributed by atoms with Gasteiger partial charge in [0.05, 0.1) is 10.7 Å². The Labute approximate surface area is 185 Å². The number of hydrogen-bond donors (Lipinski definition) is 2. The molecule has 3 rings (SSSR count). The van der Waals surface area contributed by atoms with Crippen LogP contribution in [0.5, 0.6) is 0 Å². The molecule has 2 aromatic rings. The fourth-order valence-electron chi connectivity index (χ4n) is 3.23. The van der Waals surface area contributed by atoms with Crippen LogP contribution in [-0.4, -0.2) is 37.6 Å². The molecule has 166 valence electrons. The molecule has 0 aliphatic carbocycles. The number of halogens is 2. The van der Waals surface area contributed by atoms with Gasteiger partial charge in [-0.2, -0.15) is 4.31 Å². The summed E-state index contributed by atoms with van der Waals surface area (Å²) in [7, 11) is -4.05. The highest BCUT2D eigenvalue weighted by atomic mass is 35.5. The number of sulfonamides is 1. The quantitative estimate of drug-likeness (QED) is 0.663. The van der Waals surface area contributed by atoms with Crippen LogP contribution < -0.4 is 10.6 Å². The van der Waals surface area contributed by atoms with Crippen molar-refractivity contribution in [3.05, 3.63) is 52.8 Å². The second-order valence-electron chi connectivity index (χ2n) is 7.16. The summed E-state index contributed by atoms with van der Waals surface area (Å²) in [5.41, 5.74) is 0.639. The molecule has 0 aromatic heterocycles. The largest absolute Gasteiger partial charge is 0.326 e. The summed E-state index contributed by atoms with van der Waals surface area (Å²) in [4.78, 5) is 23.8. The van der Waals surface area contributed by atoms with Crippen LogP contribution in [0, 0.1) is 5.82 Å². The van der Waals surface area contributed by atoms with Gasteiger partial charge in [-0.15, -0.1) is 0 Å². The highest BCUT2D eigenvalue weighted by molar-refractivity contribution is 7.89. The van der Waals surface area contributed by atoms with Crippen LogP contribution in [0.3, 0.4) is 0 Å². The van der Waals surface area contributed by atoms with Crippen molar-refractivity contribution in [2.75, 3.05) is 23.7 Å². The molecule has 1 aliphatic rings. The molecule has 1 heterocycles. The van der Waals surface area contributed by atoms with Crippen LogP contribution in [0.4, 0.5) is 15.8 Å². The maximum absolute atomic E-state index is 14.4. The predicted molar refractivity (Wildman–Crippen MR) is 117 cm³/mol. The third-order valence-electron chi connectivity index (χ3n) is 4.95. The molecular weight excluding hydrogens is 445 g/mol. The zero-order valence-electron chi connectivity index (χ0n) is 17.0. The van der Waals surface area contributed by atoms with Crippen molar-refractivity contribution < 1.29 is 22.4 Å². The second-order valence-corrected chi connectivity index (χ2v) is 9.47. The van der Waals surface area contributed by atoms with Crippen LogP contribution in [0.15, 0.2) is 41.3 Å². The lowest BCUT2D eigenvalue weighted by Crippen LogP contribution is -2.36. The molecule has 31 heavy (non-hydrogen) atoms. The molecule has 0 unspecified atom stereocenters. The number of carbonyl (C=O) groups excluding carboxylic acids is 2. The zero-order valence-corrected chi connectivity index (χ0v) is 18.5. The topological polar surface area (TPSA) is 95.6 Å². The minimum Gasteiger partial charge on any atom is -0.326 e. The number of nitrogens with one attached hydrogen (secondary N) is 2. The fourth-order valence-corrected chi connectivity index (χ4v) is 5.00. The summed E-state index contributed by atoms with van der Waals surface area (Å²) in [5, 5.41) is 5.47. The summed E-state index contributed by atoms with van der Waals surface area (Å²) in [6.07, 6.45) is 2.64. The van der Waals surface area contributed by atoms with Crippen molar-refractivity contribution in [3.63, 3.8) is 0 Å². The molecule has 0 spiro atoms. The summed E-state index contributed by atoms with van der Waals surface area (Å²) >= 11 is 6.14. The van der Waals surface area contributed by atoms with Crippen molar-refractivity contribution >= 4 is 44.8 Å². The van der Waals surface area contributed by atoms with E-state index < -0.39 is 26.6 Å². The van der Waals surface area contributed by atoms with Gasteiger partial charge < -0.3 is 10.6 Å². The number of hydrogen-bond acceptors (Lipinski definition) is 4. The molecule has 0 atom stereocenters. The van der Waals surface area contributed by atoms with E-state index in [9.17, 15) is 22.4 Å². The minimum absolute atomic E-state index is 0.0314. The van der Waals surface area contributed by atoms with E-state index in [2.05, 4.69) is 10.6 Å². The van der Waals surface area contributed by atoms with Crippen LogP contribution in [-0.2, 0) is 14.8 Å². The van der Waals surface area contributed by atoms with E-state index in [0.29, 0.717) is 31.6 Å². The van der Waals surface area contributed by atoms with Gasteiger partial charge in [0, 0.05) is 30.8 Å². The van der Waals surface area contributed by atoms with Gasteiger partial charge in [-0.1, -0.05) is 24.9 Å². The summed E-state index contributed by atoms with van der Waals surface area (Å²) in [5.74, 6) is -1.77. The first kappa shape index (κ1) is 23.2. The van der Waals surface area contributed by atoms with Crippen molar-refractivity contribution in [2.24, 2.45) is 0 Å². The average Bonchev–Trinajstić information content (AvgIpc) is 2.76. The van der Waals surface area contributed by atoms with Gasteiger partial charge in [-0.05, 0) is 49.2 Å². The van der Waals surface area contributed by atoms with Crippen LogP contribution in [0.25, 0.3) is 0 Å². The van der Waals surface area contributed by atoms with E-state index in [4.69, 9.17) is 11.6 Å². The first-order valence-corrected chi connectivity index (χ1v) is 11.7. The van der Waals surface area contributed by atoms with E-state index in [-0.39, 0.29) is 28.6 Å². The Morgan fingerprint density at radius 2 is 1.77 bits per heavy atom. The standard InChI is InChI=1S/C21H23ClFN3O4S/c1-2-20(27)24-15-7-8-16(22)18(13-15)25-21(28)14-6-9-17(23)19(12-14)31(29,30)26-10-4-3-5-11-26/h6-9,12-13H,2-5,10-11H2,1H3,(H,24,27)(H,25,28). The lowest BCUT2D eigenvalue weighted by molar-refractivity contribution is -0.115. The number of amides is 2. The average molecular weight is 468 g/mol. The lowest BCUT2D eigenvalue weighted by atomic mass is 10.2. The number of rotatable bonds is 6. The van der Waals surface area contributed by atoms with Crippen molar-refractivity contribution in [1.29, 1.82) is 0 Å². The number of piperidine rings is 1. The Hall–Kier alpha value is -2.49. The summed E-state index contributed by atoms with van der Waals surface area (Å²) in [6.45, 7) is 2.35. The Kier molecular flexibility index (Phi) is 7.30. The molecule has 0 bridgehead atoms. The van der Waals surface area contributed by atoms with Gasteiger partial charge in [0.25, 0.3) is 5.91 Å². The van der Waals surface area contributed by atoms with Crippen LogP contribution >= 0.6 is 11.6 Å². The Bertz CT molecular complexity index is 1100. The van der Waals surface area contributed by atoms with E-state index in [1.165, 1.54) is 22.5 Å². The van der Waals surface area contributed by atoms with Crippen molar-refractivity contribution in [3.8, 4) is 0 Å². The number of anilines is 2. The monoisotopic (exact) mass is 467 g/mol. The van der Waals surface area contributed by atoms with Gasteiger partial charge in [0.1, 0.15) is 10.7 Å². The first-order valence-electron chi connectivity index (χ1n) is 9.93. The normalized spacial score (nSPS) is 14.8. The maximum Gasteiger partial charge on any atom is 0.255 e. The smallest absolute Gasteiger partial charge is 0.255 e. The molecule has 0 radical (unpaired) electrons. The highest BCUT2D eigenvalue weighted by Crippen LogP contribution is 2.28. The minimum atomic E-state index is -4.05. The Morgan fingerprint density at radius 3 is 2.45 bits per heavy atom. The van der Waals surface area contributed by atoms with E-state index in [1.54, 1.807) is 13.0 Å². The van der Waals surface area contributed by atoms with Gasteiger partial charge in [0.15, 0.2) is 0 Å². The van der Waals surface area contributed by atoms with Gasteiger partial charge in [-0.25, -0.2) is 12.8 Å². The lowest BCUT2D eigenvalue weighted by Gasteiger charge is -2.26. The molecule has 7 nitrogen and oxygen atoms in total. The van der Waals surface area contributed by atoms with Crippen LogP contribution in [0.2, 0.25) is 5.02 Å². The Morgan fingerprint density at radius 1 is 1.06 bits per heavy atom. The fraction of sp³-hybridized carbons (Fsp3) is 0.333. The second kappa shape index (κ2) is 9.76. The van der Waals surface area contributed by atoms with Crippen molar-refractivity contribution in [2.45, 2.75) is 37.5 Å². The molecule has 2 N–H and O–H groups in total. The number of nitrogens with zero attached hydrogens (tertiary/aromatic N) is 1. The molecule has 2 aromatic carbocycles. The van der Waals surface area contributed by atoms with E-state index >= 15 is 0 Å². The van der Waals surface area contributed by atoms with Gasteiger partial charge >= 0.3 is 0 Å². The number of carbonyl (C=O) groups is 2. The zero-order chi connectivity index (χ0) is 22.6. The summed E-state index contributed by atoms with van der Waals surface area (Å²) in [6, 6.07) is 7.79. The molecule has 10 heteroatoms. The van der Waals surface area contributed by atoms with Crippen molar-refractivity contribution in [1.82, 2.24) is 4.31 Å². The highest BCUT2D eigenvalue weighted by Gasteiger charge is 2.29. The van der Waals surface area contributed by atoms with E-state index in [0.717, 1.165) is 18.6 Å². The van der Waals surface area contributed by atoms with Gasteiger partial charge in [-0.3, -0.25) is 9.59 Å². The van der Waals surface area contributed by atoms with Gasteiger partial charge in [0.2, 0.25) is 15.9 Å². The molecule has 0 saturated carbocycles. The Balaban J connectivity index is 1.85. The maximum atomic E-state index is 14.4. The molecule has 2 amide bonds. The molecule has 1 saturated heterocycles.